The van der Waals surface area contributed by atoms with Crippen molar-refractivity contribution in [2.24, 2.45) is 5.92 Å². The molecule has 1 fully saturated rings. The highest BCUT2D eigenvalue weighted by atomic mass is 79.9. The molecule has 0 aliphatic carbocycles. The number of rotatable bonds is 3. The minimum absolute atomic E-state index is 0.00312. The number of amides is 1. The van der Waals surface area contributed by atoms with Gasteiger partial charge < -0.3 is 10.1 Å². The number of carbonyl (C=O) groups is 1. The summed E-state index contributed by atoms with van der Waals surface area (Å²) in [6.07, 6.45) is 2.07. The van der Waals surface area contributed by atoms with E-state index in [2.05, 4.69) is 21.2 Å². The Hall–Kier alpha value is -1.39. The van der Waals surface area contributed by atoms with Gasteiger partial charge in [0.25, 0.3) is 5.91 Å². The molecule has 4 heteroatoms. The Balaban J connectivity index is 1.69. The first-order chi connectivity index (χ1) is 10.2. The molecule has 1 saturated heterocycles. The van der Waals surface area contributed by atoms with Crippen LogP contribution in [0.5, 0.6) is 0 Å². The highest BCUT2D eigenvalue weighted by Gasteiger charge is 2.15. The second kappa shape index (κ2) is 6.58. The summed E-state index contributed by atoms with van der Waals surface area (Å²) in [5, 5.41) is 5.24. The number of fused-ring (bicyclic) bond motifs is 1. The average molecular weight is 348 g/mol. The molecule has 0 spiro atoms. The molecule has 0 aromatic heterocycles. The topological polar surface area (TPSA) is 38.3 Å². The van der Waals surface area contributed by atoms with Gasteiger partial charge in [-0.05, 0) is 47.7 Å². The molecule has 0 atom stereocenters. The number of hydrogen-bond acceptors (Lipinski definition) is 2. The van der Waals surface area contributed by atoms with Crippen molar-refractivity contribution in [3.8, 4) is 0 Å². The molecule has 1 aliphatic rings. The standard InChI is InChI=1S/C17H18BrNO2/c18-16-3-1-2-13-10-14(4-5-15(13)16)17(20)19-11-12-6-8-21-9-7-12/h1-5,10,12H,6-9,11H2,(H,19,20). The van der Waals surface area contributed by atoms with Gasteiger partial charge >= 0.3 is 0 Å². The van der Waals surface area contributed by atoms with E-state index in [1.54, 1.807) is 0 Å². The molecule has 1 amide bonds. The second-order valence-electron chi connectivity index (χ2n) is 5.44. The molecule has 2 aromatic rings. The first kappa shape index (κ1) is 14.5. The van der Waals surface area contributed by atoms with Gasteiger partial charge in [-0.3, -0.25) is 4.79 Å². The molecule has 1 aliphatic heterocycles. The SMILES string of the molecule is O=C(NCC1CCOCC1)c1ccc2c(Br)cccc2c1. The van der Waals surface area contributed by atoms with Gasteiger partial charge in [-0.25, -0.2) is 0 Å². The molecule has 110 valence electrons. The lowest BCUT2D eigenvalue weighted by Gasteiger charge is -2.22. The van der Waals surface area contributed by atoms with Crippen LogP contribution < -0.4 is 5.32 Å². The molecule has 0 unspecified atom stereocenters. The van der Waals surface area contributed by atoms with Crippen molar-refractivity contribution in [1.29, 1.82) is 0 Å². The van der Waals surface area contributed by atoms with Crippen molar-refractivity contribution >= 4 is 32.6 Å². The van der Waals surface area contributed by atoms with Crippen molar-refractivity contribution in [1.82, 2.24) is 5.32 Å². The van der Waals surface area contributed by atoms with Crippen LogP contribution in [-0.2, 0) is 4.74 Å². The fourth-order valence-electron chi connectivity index (χ4n) is 2.68. The van der Waals surface area contributed by atoms with E-state index in [0.29, 0.717) is 11.5 Å². The molecule has 0 radical (unpaired) electrons. The maximum Gasteiger partial charge on any atom is 0.251 e. The second-order valence-corrected chi connectivity index (χ2v) is 6.30. The van der Waals surface area contributed by atoms with Crippen molar-refractivity contribution in [2.75, 3.05) is 19.8 Å². The lowest BCUT2D eigenvalue weighted by atomic mass is 10.00. The molecule has 2 aromatic carbocycles. The van der Waals surface area contributed by atoms with Gasteiger partial charge in [-0.2, -0.15) is 0 Å². The molecule has 21 heavy (non-hydrogen) atoms. The molecular formula is C17H18BrNO2. The minimum atomic E-state index is 0.00312. The highest BCUT2D eigenvalue weighted by Crippen LogP contribution is 2.24. The van der Waals surface area contributed by atoms with Gasteiger partial charge in [-0.1, -0.05) is 34.1 Å². The van der Waals surface area contributed by atoms with Crippen LogP contribution in [0.1, 0.15) is 23.2 Å². The highest BCUT2D eigenvalue weighted by molar-refractivity contribution is 9.10. The van der Waals surface area contributed by atoms with Crippen molar-refractivity contribution in [3.05, 3.63) is 46.4 Å². The predicted octanol–water partition coefficient (Wildman–Crippen LogP) is 3.76. The third-order valence-electron chi connectivity index (χ3n) is 3.98. The number of hydrogen-bond donors (Lipinski definition) is 1. The number of benzene rings is 2. The van der Waals surface area contributed by atoms with E-state index >= 15 is 0 Å². The van der Waals surface area contributed by atoms with E-state index in [1.165, 1.54) is 0 Å². The van der Waals surface area contributed by atoms with Gasteiger partial charge in [-0.15, -0.1) is 0 Å². The Bertz CT molecular complexity index is 650. The Labute approximate surface area is 132 Å². The van der Waals surface area contributed by atoms with Crippen molar-refractivity contribution in [2.45, 2.75) is 12.8 Å². The lowest BCUT2D eigenvalue weighted by molar-refractivity contribution is 0.0643. The van der Waals surface area contributed by atoms with Crippen LogP contribution in [-0.4, -0.2) is 25.7 Å². The number of halogens is 1. The van der Waals surface area contributed by atoms with Crippen LogP contribution >= 0.6 is 15.9 Å². The third kappa shape index (κ3) is 3.44. The van der Waals surface area contributed by atoms with E-state index in [1.807, 2.05) is 36.4 Å². The van der Waals surface area contributed by atoms with Crippen LogP contribution in [0, 0.1) is 5.92 Å². The van der Waals surface area contributed by atoms with Crippen LogP contribution in [0.4, 0.5) is 0 Å². The summed E-state index contributed by atoms with van der Waals surface area (Å²) < 4.78 is 6.38. The Morgan fingerprint density at radius 3 is 2.86 bits per heavy atom. The Morgan fingerprint density at radius 1 is 1.24 bits per heavy atom. The Morgan fingerprint density at radius 2 is 2.05 bits per heavy atom. The van der Waals surface area contributed by atoms with Crippen LogP contribution in [0.3, 0.4) is 0 Å². The van der Waals surface area contributed by atoms with Gasteiger partial charge in [0.15, 0.2) is 0 Å². The maximum atomic E-state index is 12.3. The maximum absolute atomic E-state index is 12.3. The summed E-state index contributed by atoms with van der Waals surface area (Å²) in [6.45, 7) is 2.35. The lowest BCUT2D eigenvalue weighted by Crippen LogP contribution is -2.32. The number of carbonyl (C=O) groups excluding carboxylic acids is 1. The first-order valence-corrected chi connectivity index (χ1v) is 8.07. The van der Waals surface area contributed by atoms with Crippen LogP contribution in [0.2, 0.25) is 0 Å². The van der Waals surface area contributed by atoms with Crippen molar-refractivity contribution < 1.29 is 9.53 Å². The number of ether oxygens (including phenoxy) is 1. The van der Waals surface area contributed by atoms with E-state index in [-0.39, 0.29) is 5.91 Å². The van der Waals surface area contributed by atoms with Gasteiger partial charge in [0, 0.05) is 29.8 Å². The molecule has 3 rings (SSSR count). The summed E-state index contributed by atoms with van der Waals surface area (Å²) in [5.41, 5.74) is 0.715. The van der Waals surface area contributed by atoms with E-state index in [4.69, 9.17) is 4.74 Å². The van der Waals surface area contributed by atoms with E-state index < -0.39 is 0 Å². The molecular weight excluding hydrogens is 330 g/mol. The van der Waals surface area contributed by atoms with Gasteiger partial charge in [0.05, 0.1) is 0 Å². The van der Waals surface area contributed by atoms with Gasteiger partial charge in [0.1, 0.15) is 0 Å². The quantitative estimate of drug-likeness (QED) is 0.917. The van der Waals surface area contributed by atoms with Gasteiger partial charge in [0.2, 0.25) is 0 Å². The predicted molar refractivity (Wildman–Crippen MR) is 87.5 cm³/mol. The average Bonchev–Trinajstić information content (AvgIpc) is 2.53. The van der Waals surface area contributed by atoms with Crippen molar-refractivity contribution in [3.63, 3.8) is 0 Å². The summed E-state index contributed by atoms with van der Waals surface area (Å²) >= 11 is 3.53. The Kier molecular flexibility index (Phi) is 4.56. The monoisotopic (exact) mass is 347 g/mol. The summed E-state index contributed by atoms with van der Waals surface area (Å²) in [6, 6.07) is 11.8. The first-order valence-electron chi connectivity index (χ1n) is 7.28. The number of nitrogens with one attached hydrogen (secondary N) is 1. The zero-order valence-corrected chi connectivity index (χ0v) is 13.4. The van der Waals surface area contributed by atoms with Crippen LogP contribution in [0.25, 0.3) is 10.8 Å². The smallest absolute Gasteiger partial charge is 0.251 e. The molecule has 3 nitrogen and oxygen atoms in total. The fraction of sp³-hybridized carbons (Fsp3) is 0.353. The summed E-state index contributed by atoms with van der Waals surface area (Å²) in [4.78, 5) is 12.3. The van der Waals surface area contributed by atoms with Crippen LogP contribution in [0.15, 0.2) is 40.9 Å². The molecule has 0 bridgehead atoms. The summed E-state index contributed by atoms with van der Waals surface area (Å²) in [7, 11) is 0. The van der Waals surface area contributed by atoms with E-state index in [9.17, 15) is 4.79 Å². The largest absolute Gasteiger partial charge is 0.381 e. The summed E-state index contributed by atoms with van der Waals surface area (Å²) in [5.74, 6) is 0.542. The zero-order valence-electron chi connectivity index (χ0n) is 11.8. The normalized spacial score (nSPS) is 16.0. The minimum Gasteiger partial charge on any atom is -0.381 e. The van der Waals surface area contributed by atoms with E-state index in [0.717, 1.165) is 47.8 Å². The molecule has 0 saturated carbocycles. The third-order valence-corrected chi connectivity index (χ3v) is 4.67. The molecule has 1 N–H and O–H groups in total. The molecule has 1 heterocycles. The zero-order chi connectivity index (χ0) is 14.7. The fourth-order valence-corrected chi connectivity index (χ4v) is 3.19.